The molecule has 0 amide bonds. The smallest absolute Gasteiger partial charge is 0.333 e. The number of fused-ring (bicyclic) bond motifs is 1. The Morgan fingerprint density at radius 3 is 2.53 bits per heavy atom. The number of aliphatic hydroxyl groups is 1. The van der Waals surface area contributed by atoms with Crippen molar-refractivity contribution >= 4 is 27.5 Å². The van der Waals surface area contributed by atoms with Gasteiger partial charge in [0.1, 0.15) is 33.0 Å². The lowest BCUT2D eigenvalue weighted by Gasteiger charge is -2.27. The molecular formula is C29H36FN5O7S. The minimum atomic E-state index is -1.67. The third-order valence-electron chi connectivity index (χ3n) is 7.09. The quantitative estimate of drug-likeness (QED) is 0.166. The monoisotopic (exact) mass is 617 g/mol. The van der Waals surface area contributed by atoms with Crippen molar-refractivity contribution in [2.45, 2.75) is 65.1 Å². The molecule has 4 aromatic rings. The molecule has 0 saturated carbocycles. The summed E-state index contributed by atoms with van der Waals surface area (Å²) in [5.74, 6) is -0.934. The van der Waals surface area contributed by atoms with Gasteiger partial charge in [0, 0.05) is 24.3 Å². The second-order valence-corrected chi connectivity index (χ2v) is 11.4. The summed E-state index contributed by atoms with van der Waals surface area (Å²) in [6, 6.07) is 3.96. The molecule has 0 fully saturated rings. The van der Waals surface area contributed by atoms with Crippen LogP contribution in [0, 0.1) is 12.7 Å². The van der Waals surface area contributed by atoms with Gasteiger partial charge in [-0.05, 0) is 51.8 Å². The SMILES string of the molecule is CCCCOC(=O)C(C)(C)n1c(=O)c2c(C)c(-n3nccn3)sc2n(C[C@H](OCCCO)c2cc(F)ccc2OC)c1=O. The highest BCUT2D eigenvalue weighted by molar-refractivity contribution is 7.21. The Morgan fingerprint density at radius 2 is 1.88 bits per heavy atom. The third-order valence-corrected chi connectivity index (χ3v) is 8.37. The van der Waals surface area contributed by atoms with E-state index >= 15 is 0 Å². The minimum absolute atomic E-state index is 0.0968. The maximum absolute atomic E-state index is 14.5. The molecule has 1 aromatic carbocycles. The van der Waals surface area contributed by atoms with Gasteiger partial charge in [0.15, 0.2) is 0 Å². The lowest BCUT2D eigenvalue weighted by atomic mass is 10.0. The van der Waals surface area contributed by atoms with E-state index in [0.717, 1.165) is 22.3 Å². The maximum atomic E-state index is 14.5. The van der Waals surface area contributed by atoms with Crippen molar-refractivity contribution in [1.29, 1.82) is 0 Å². The molecule has 43 heavy (non-hydrogen) atoms. The normalized spacial score (nSPS) is 12.5. The molecule has 4 rings (SSSR count). The van der Waals surface area contributed by atoms with Gasteiger partial charge in [0.25, 0.3) is 5.56 Å². The molecule has 14 heteroatoms. The van der Waals surface area contributed by atoms with Gasteiger partial charge in [-0.15, -0.1) is 4.80 Å². The van der Waals surface area contributed by atoms with Crippen LogP contribution < -0.4 is 16.0 Å². The Kier molecular flexibility index (Phi) is 10.1. The molecule has 0 aliphatic heterocycles. The highest BCUT2D eigenvalue weighted by Crippen LogP contribution is 2.34. The molecular weight excluding hydrogens is 581 g/mol. The van der Waals surface area contributed by atoms with E-state index in [2.05, 4.69) is 10.2 Å². The van der Waals surface area contributed by atoms with Crippen LogP contribution in [0.5, 0.6) is 5.75 Å². The molecule has 3 aromatic heterocycles. The zero-order valence-electron chi connectivity index (χ0n) is 24.8. The van der Waals surface area contributed by atoms with E-state index in [0.29, 0.717) is 39.5 Å². The predicted molar refractivity (Wildman–Crippen MR) is 159 cm³/mol. The number of unbranched alkanes of at least 4 members (excludes halogenated alkanes) is 1. The van der Waals surface area contributed by atoms with Gasteiger partial charge in [0.05, 0.1) is 38.0 Å². The second-order valence-electron chi connectivity index (χ2n) is 10.4. The Labute approximate surface area is 251 Å². The predicted octanol–water partition coefficient (Wildman–Crippen LogP) is 3.48. The third kappa shape index (κ3) is 6.40. The lowest BCUT2D eigenvalue weighted by molar-refractivity contribution is -0.153. The number of carbonyl (C=O) groups excluding carboxylic acids is 1. The molecule has 3 heterocycles. The number of esters is 1. The number of ether oxygens (including phenoxy) is 3. The Hall–Kier alpha value is -3.88. The summed E-state index contributed by atoms with van der Waals surface area (Å²) in [5.41, 5.74) is -2.26. The first-order valence-corrected chi connectivity index (χ1v) is 14.8. The van der Waals surface area contributed by atoms with Crippen LogP contribution in [0.2, 0.25) is 0 Å². The Balaban J connectivity index is 1.98. The number of hydrogen-bond acceptors (Lipinski definition) is 10. The van der Waals surface area contributed by atoms with Crippen LogP contribution in [0.1, 0.15) is 57.3 Å². The van der Waals surface area contributed by atoms with Gasteiger partial charge >= 0.3 is 11.7 Å². The van der Waals surface area contributed by atoms with E-state index in [1.165, 1.54) is 60.9 Å². The van der Waals surface area contributed by atoms with Gasteiger partial charge in [-0.3, -0.25) is 9.36 Å². The van der Waals surface area contributed by atoms with Crippen LogP contribution in [0.15, 0.2) is 40.2 Å². The van der Waals surface area contributed by atoms with Gasteiger partial charge in [-0.1, -0.05) is 24.7 Å². The molecule has 0 spiro atoms. The zero-order chi connectivity index (χ0) is 31.3. The van der Waals surface area contributed by atoms with Crippen molar-refractivity contribution in [2.24, 2.45) is 0 Å². The summed E-state index contributed by atoms with van der Waals surface area (Å²) in [5, 5.41) is 18.5. The Bertz CT molecular complexity index is 1690. The maximum Gasteiger partial charge on any atom is 0.333 e. The summed E-state index contributed by atoms with van der Waals surface area (Å²) in [6.07, 6.45) is 3.77. The van der Waals surface area contributed by atoms with Crippen molar-refractivity contribution in [3.8, 4) is 10.8 Å². The number of nitrogens with zero attached hydrogens (tertiary/aromatic N) is 5. The van der Waals surface area contributed by atoms with Crippen LogP contribution in [0.25, 0.3) is 15.2 Å². The van der Waals surface area contributed by atoms with Gasteiger partial charge < -0.3 is 19.3 Å². The van der Waals surface area contributed by atoms with Crippen LogP contribution in [0.3, 0.4) is 0 Å². The number of methoxy groups -OCH3 is 1. The second kappa shape index (κ2) is 13.6. The summed E-state index contributed by atoms with van der Waals surface area (Å²) in [4.78, 5) is 43.3. The molecule has 232 valence electrons. The van der Waals surface area contributed by atoms with Crippen molar-refractivity contribution in [3.63, 3.8) is 0 Å². The number of thiophene rings is 1. The van der Waals surface area contributed by atoms with Gasteiger partial charge in [-0.25, -0.2) is 18.5 Å². The van der Waals surface area contributed by atoms with Crippen molar-refractivity contribution in [2.75, 3.05) is 26.9 Å². The highest BCUT2D eigenvalue weighted by atomic mass is 32.1. The van der Waals surface area contributed by atoms with E-state index in [9.17, 15) is 23.9 Å². The molecule has 0 saturated heterocycles. The fraction of sp³-hybridized carbons (Fsp3) is 0.483. The molecule has 1 N–H and O–H groups in total. The number of carbonyl (C=O) groups is 1. The Morgan fingerprint density at radius 1 is 1.16 bits per heavy atom. The number of halogens is 1. The minimum Gasteiger partial charge on any atom is -0.496 e. The first-order valence-electron chi connectivity index (χ1n) is 14.0. The van der Waals surface area contributed by atoms with Crippen LogP contribution in [-0.4, -0.2) is 62.1 Å². The van der Waals surface area contributed by atoms with Crippen LogP contribution in [-0.2, 0) is 26.4 Å². The highest BCUT2D eigenvalue weighted by Gasteiger charge is 2.37. The van der Waals surface area contributed by atoms with E-state index in [1.54, 1.807) is 6.92 Å². The zero-order valence-corrected chi connectivity index (χ0v) is 25.6. The summed E-state index contributed by atoms with van der Waals surface area (Å²) >= 11 is 1.13. The van der Waals surface area contributed by atoms with E-state index in [-0.39, 0.29) is 31.8 Å². The standard InChI is InChI=1S/C29H36FN5O7S/c1-6-7-14-42-27(38)29(3,4)34-24(37)23-18(2)25(35-31-11-12-32-35)43-26(23)33(28(34)39)17-22(41-15-8-13-36)20-16-19(30)9-10-21(20)40-5/h9-12,16,22,36H,6-8,13-15,17H2,1-5H3/t22-/m0/s1. The fourth-order valence-electron chi connectivity index (χ4n) is 4.73. The molecule has 0 aliphatic carbocycles. The average molecular weight is 618 g/mol. The molecule has 12 nitrogen and oxygen atoms in total. The van der Waals surface area contributed by atoms with Crippen molar-refractivity contribution < 1.29 is 28.5 Å². The number of aromatic nitrogens is 5. The summed E-state index contributed by atoms with van der Waals surface area (Å²) in [6.45, 7) is 6.53. The molecule has 0 aliphatic rings. The number of hydrogen-bond donors (Lipinski definition) is 1. The van der Waals surface area contributed by atoms with E-state index in [1.807, 2.05) is 6.92 Å². The van der Waals surface area contributed by atoms with E-state index in [4.69, 9.17) is 14.2 Å². The number of aryl methyl sites for hydroxylation is 1. The first-order chi connectivity index (χ1) is 20.6. The molecule has 1 atom stereocenters. The van der Waals surface area contributed by atoms with Gasteiger partial charge in [0.2, 0.25) is 0 Å². The van der Waals surface area contributed by atoms with Crippen LogP contribution in [0.4, 0.5) is 4.39 Å². The van der Waals surface area contributed by atoms with Crippen LogP contribution >= 0.6 is 11.3 Å². The topological polar surface area (TPSA) is 140 Å². The van der Waals surface area contributed by atoms with Gasteiger partial charge in [-0.2, -0.15) is 10.2 Å². The summed E-state index contributed by atoms with van der Waals surface area (Å²) < 4.78 is 33.7. The average Bonchev–Trinajstić information content (AvgIpc) is 3.62. The lowest BCUT2D eigenvalue weighted by Crippen LogP contribution is -2.53. The fourth-order valence-corrected chi connectivity index (χ4v) is 5.95. The van der Waals surface area contributed by atoms with Crippen molar-refractivity contribution in [3.05, 3.63) is 68.4 Å². The van der Waals surface area contributed by atoms with Crippen molar-refractivity contribution in [1.82, 2.24) is 24.1 Å². The number of benzene rings is 1. The molecule has 0 radical (unpaired) electrons. The molecule has 0 unspecified atom stereocenters. The largest absolute Gasteiger partial charge is 0.496 e. The number of rotatable bonds is 14. The summed E-state index contributed by atoms with van der Waals surface area (Å²) in [7, 11) is 1.44. The molecule has 0 bridgehead atoms. The van der Waals surface area contributed by atoms with E-state index < -0.39 is 34.7 Å². The number of aliphatic hydroxyl groups excluding tert-OH is 1. The first kappa shape index (κ1) is 32.0.